The normalized spacial score (nSPS) is 12.4. The van der Waals surface area contributed by atoms with Crippen LogP contribution in [-0.4, -0.2) is 4.70 Å². The molecule has 0 saturated carbocycles. The summed E-state index contributed by atoms with van der Waals surface area (Å²) in [7, 11) is 0. The second-order valence-electron chi connectivity index (χ2n) is 13.9. The van der Waals surface area contributed by atoms with Gasteiger partial charge in [0.2, 0.25) is 11.4 Å². The maximum Gasteiger partial charge on any atom is 2.00 e. The van der Waals surface area contributed by atoms with Crippen molar-refractivity contribution in [3.63, 3.8) is 0 Å². The smallest absolute Gasteiger partial charge is 0.493 e. The molecule has 0 saturated heterocycles. The van der Waals surface area contributed by atoms with Gasteiger partial charge in [-0.3, -0.25) is 0 Å². The minimum atomic E-state index is 0. The topological polar surface area (TPSA) is 25.3 Å². The molecule has 0 spiro atoms. The molecule has 1 aliphatic rings. The molecule has 0 unspecified atom stereocenters. The standard InChI is InChI=1S/C39H58N2.2C4H9.Ni/c1-5-9-12-14-16-19-22-32-27-29-34(30-28-32)38-37(26-18-11-7-3)36(8-4)39(41(38)40)35-25-21-24-33(31-35)23-20-17-15-13-10-6-2;2*1-3-4-2;/h21,24-25,27-31H,5-20,22-23,26H2,1-4H3;2*1,3-4H2,2H3;/q;2*-1;+2. The molecule has 3 heteroatoms. The molecule has 0 fully saturated rings. The summed E-state index contributed by atoms with van der Waals surface area (Å²) < 4.78 is 1.53. The minimum Gasteiger partial charge on any atom is -0.493 e. The SMILES string of the molecule is CCCCCCCCc1ccc(C2=C(CCCCC)C(CC)=C(c3cccc(CCCCCCCC)c3)[N+]2=[N-])cc1.[CH2-]CCC.[CH2-]CCC.[Ni+2]. The quantitative estimate of drug-likeness (QED) is 0.0471. The third kappa shape index (κ3) is 18.5. The fourth-order valence-electron chi connectivity index (χ4n) is 6.37. The Hall–Kier alpha value is -1.99. The van der Waals surface area contributed by atoms with Gasteiger partial charge in [0.15, 0.2) is 0 Å². The molecule has 0 atom stereocenters. The summed E-state index contributed by atoms with van der Waals surface area (Å²) in [5.41, 5.74) is 21.5. The van der Waals surface area contributed by atoms with Crippen molar-refractivity contribution in [1.82, 2.24) is 0 Å². The van der Waals surface area contributed by atoms with E-state index in [0.29, 0.717) is 0 Å². The molecule has 284 valence electrons. The van der Waals surface area contributed by atoms with E-state index in [4.69, 9.17) is 0 Å². The fourth-order valence-corrected chi connectivity index (χ4v) is 6.37. The summed E-state index contributed by atoms with van der Waals surface area (Å²) in [5, 5.41) is 0. The van der Waals surface area contributed by atoms with Gasteiger partial charge in [0.05, 0.1) is 0 Å². The number of unbranched alkanes of at least 4 members (excludes halogenated alkanes) is 14. The maximum absolute atomic E-state index is 11.8. The van der Waals surface area contributed by atoms with Crippen molar-refractivity contribution in [2.24, 2.45) is 0 Å². The first-order valence-corrected chi connectivity index (χ1v) is 20.7. The van der Waals surface area contributed by atoms with Crippen molar-refractivity contribution in [3.05, 3.63) is 101 Å². The van der Waals surface area contributed by atoms with E-state index in [1.165, 1.54) is 130 Å². The third-order valence-corrected chi connectivity index (χ3v) is 9.52. The molecule has 0 amide bonds. The second kappa shape index (κ2) is 31.7. The average Bonchev–Trinajstić information content (AvgIpc) is 3.42. The predicted octanol–water partition coefficient (Wildman–Crippen LogP) is 15.9. The summed E-state index contributed by atoms with van der Waals surface area (Å²) in [5.74, 6) is 0. The van der Waals surface area contributed by atoms with Gasteiger partial charge in [-0.05, 0) is 80.3 Å². The van der Waals surface area contributed by atoms with E-state index in [9.17, 15) is 5.53 Å². The van der Waals surface area contributed by atoms with Crippen molar-refractivity contribution < 1.29 is 21.2 Å². The van der Waals surface area contributed by atoms with Crippen LogP contribution in [0.25, 0.3) is 16.9 Å². The Bertz CT molecular complexity index is 1180. The van der Waals surface area contributed by atoms with Gasteiger partial charge in [-0.1, -0.05) is 156 Å². The van der Waals surface area contributed by atoms with E-state index in [-0.39, 0.29) is 16.5 Å². The second-order valence-corrected chi connectivity index (χ2v) is 13.9. The van der Waals surface area contributed by atoms with Crippen LogP contribution < -0.4 is 0 Å². The van der Waals surface area contributed by atoms with E-state index in [2.05, 4.69) is 104 Å². The molecule has 0 aliphatic carbocycles. The molecule has 1 aliphatic heterocycles. The zero-order valence-corrected chi connectivity index (χ0v) is 34.5. The van der Waals surface area contributed by atoms with E-state index in [1.807, 2.05) is 0 Å². The summed E-state index contributed by atoms with van der Waals surface area (Å²) in [4.78, 5) is 0. The number of rotatable bonds is 23. The third-order valence-electron chi connectivity index (χ3n) is 9.52. The molecule has 0 radical (unpaired) electrons. The molecule has 0 N–H and O–H groups in total. The van der Waals surface area contributed by atoms with E-state index in [0.717, 1.165) is 67.5 Å². The van der Waals surface area contributed by atoms with Gasteiger partial charge in [-0.25, -0.2) is 4.70 Å². The summed E-state index contributed by atoms with van der Waals surface area (Å²) >= 11 is 0. The van der Waals surface area contributed by atoms with Gasteiger partial charge in [0.25, 0.3) is 0 Å². The Morgan fingerprint density at radius 1 is 0.480 bits per heavy atom. The van der Waals surface area contributed by atoms with Crippen molar-refractivity contribution in [2.45, 2.75) is 189 Å². The molecule has 0 bridgehead atoms. The maximum atomic E-state index is 11.8. The molecular weight excluding hydrogens is 651 g/mol. The Balaban J connectivity index is 0.00000241. The predicted molar refractivity (Wildman–Crippen MR) is 219 cm³/mol. The first-order chi connectivity index (χ1) is 24.0. The molecule has 0 aromatic heterocycles. The van der Waals surface area contributed by atoms with Crippen LogP contribution in [0.2, 0.25) is 0 Å². The van der Waals surface area contributed by atoms with Crippen molar-refractivity contribution in [2.75, 3.05) is 0 Å². The zero-order valence-electron chi connectivity index (χ0n) is 33.5. The Labute approximate surface area is 321 Å². The number of allylic oxidation sites excluding steroid dienone is 2. The van der Waals surface area contributed by atoms with Crippen LogP contribution in [0, 0.1) is 13.8 Å². The molecule has 2 aromatic rings. The number of aryl methyl sites for hydroxylation is 2. The van der Waals surface area contributed by atoms with Gasteiger partial charge in [0.1, 0.15) is 0 Å². The van der Waals surface area contributed by atoms with Gasteiger partial charge in [-0.15, -0.1) is 0 Å². The van der Waals surface area contributed by atoms with Gasteiger partial charge < -0.3 is 19.4 Å². The largest absolute Gasteiger partial charge is 2.00 e. The van der Waals surface area contributed by atoms with Crippen molar-refractivity contribution in [1.29, 1.82) is 0 Å². The summed E-state index contributed by atoms with van der Waals surface area (Å²) in [6.45, 7) is 20.5. The number of benzene rings is 2. The average molecular weight is 728 g/mol. The Morgan fingerprint density at radius 3 is 1.42 bits per heavy atom. The van der Waals surface area contributed by atoms with Crippen LogP contribution in [0.5, 0.6) is 0 Å². The molecule has 50 heavy (non-hydrogen) atoms. The summed E-state index contributed by atoms with van der Waals surface area (Å²) in [6.07, 6.45) is 28.2. The van der Waals surface area contributed by atoms with Crippen molar-refractivity contribution >= 4 is 11.4 Å². The first-order valence-electron chi connectivity index (χ1n) is 20.7. The molecule has 1 heterocycles. The minimum absolute atomic E-state index is 0. The Kier molecular flexibility index (Phi) is 30.5. The van der Waals surface area contributed by atoms with Crippen LogP contribution in [-0.2, 0) is 29.3 Å². The Morgan fingerprint density at radius 2 is 0.920 bits per heavy atom. The van der Waals surface area contributed by atoms with Gasteiger partial charge >= 0.3 is 16.5 Å². The monoisotopic (exact) mass is 727 g/mol. The van der Waals surface area contributed by atoms with Crippen LogP contribution in [0.3, 0.4) is 0 Å². The number of hydrogen-bond acceptors (Lipinski definition) is 0. The van der Waals surface area contributed by atoms with Crippen LogP contribution in [0.4, 0.5) is 0 Å². The van der Waals surface area contributed by atoms with E-state index in [1.54, 1.807) is 0 Å². The fraction of sp³-hybridized carbons (Fsp3) is 0.617. The molecular formula is C47H76N2Ni. The van der Waals surface area contributed by atoms with Crippen LogP contribution >= 0.6 is 0 Å². The molecule has 2 nitrogen and oxygen atoms in total. The zero-order chi connectivity index (χ0) is 36.1. The first kappa shape index (κ1) is 48.0. The van der Waals surface area contributed by atoms with Gasteiger partial charge in [-0.2, -0.15) is 12.8 Å². The number of nitrogens with zero attached hydrogens (tertiary/aromatic N) is 2. The molecule has 3 rings (SSSR count). The van der Waals surface area contributed by atoms with Crippen LogP contribution in [0.1, 0.15) is 199 Å². The van der Waals surface area contributed by atoms with Gasteiger partial charge in [0, 0.05) is 22.3 Å². The number of hydrogen-bond donors (Lipinski definition) is 0. The van der Waals surface area contributed by atoms with E-state index < -0.39 is 0 Å². The van der Waals surface area contributed by atoms with Crippen LogP contribution in [0.15, 0.2) is 59.7 Å². The molecule has 2 aromatic carbocycles. The summed E-state index contributed by atoms with van der Waals surface area (Å²) in [6, 6.07) is 18.0. The van der Waals surface area contributed by atoms with E-state index >= 15 is 0 Å². The van der Waals surface area contributed by atoms with Crippen molar-refractivity contribution in [3.8, 4) is 0 Å².